The van der Waals surface area contributed by atoms with Crippen molar-refractivity contribution in [2.45, 2.75) is 58.3 Å². The van der Waals surface area contributed by atoms with E-state index in [0.717, 1.165) is 12.8 Å². The molecule has 0 aromatic heterocycles. The van der Waals surface area contributed by atoms with Crippen LogP contribution in [0.3, 0.4) is 0 Å². The first kappa shape index (κ1) is 13.3. The number of carbonyl (C=O) groups is 2. The molecule has 1 aliphatic heterocycles. The van der Waals surface area contributed by atoms with Crippen molar-refractivity contribution >= 4 is 11.9 Å². The Labute approximate surface area is 107 Å². The molecule has 2 fully saturated rings. The van der Waals surface area contributed by atoms with Crippen LogP contribution in [0.15, 0.2) is 0 Å². The van der Waals surface area contributed by atoms with Gasteiger partial charge in [0.15, 0.2) is 6.61 Å². The van der Waals surface area contributed by atoms with Crippen molar-refractivity contribution in [3.8, 4) is 0 Å². The van der Waals surface area contributed by atoms with E-state index in [1.54, 1.807) is 13.8 Å². The van der Waals surface area contributed by atoms with Gasteiger partial charge in [-0.2, -0.15) is 0 Å². The molecular weight excluding hydrogens is 236 g/mol. The number of carbonyl (C=O) groups excluding carboxylic acids is 2. The summed E-state index contributed by atoms with van der Waals surface area (Å²) in [6.07, 6.45) is 2.70. The van der Waals surface area contributed by atoms with Gasteiger partial charge >= 0.3 is 11.9 Å². The summed E-state index contributed by atoms with van der Waals surface area (Å²) < 4.78 is 15.4. The van der Waals surface area contributed by atoms with Crippen molar-refractivity contribution in [1.82, 2.24) is 0 Å². The number of esters is 2. The van der Waals surface area contributed by atoms with Crippen LogP contribution in [0.4, 0.5) is 0 Å². The second kappa shape index (κ2) is 4.88. The molecule has 2 aliphatic rings. The summed E-state index contributed by atoms with van der Waals surface area (Å²) in [7, 11) is 0. The van der Waals surface area contributed by atoms with Crippen LogP contribution in [0, 0.1) is 5.41 Å². The highest BCUT2D eigenvalue weighted by molar-refractivity contribution is 5.79. The highest BCUT2D eigenvalue weighted by Gasteiger charge is 2.49. The van der Waals surface area contributed by atoms with Crippen molar-refractivity contribution in [2.24, 2.45) is 5.41 Å². The summed E-state index contributed by atoms with van der Waals surface area (Å²) in [5, 5.41) is 0. The van der Waals surface area contributed by atoms with E-state index in [-0.39, 0.29) is 30.9 Å². The first-order valence-electron chi connectivity index (χ1n) is 6.44. The summed E-state index contributed by atoms with van der Waals surface area (Å²) in [6.45, 7) is 5.20. The third-order valence-electron chi connectivity index (χ3n) is 3.73. The monoisotopic (exact) mass is 256 g/mol. The van der Waals surface area contributed by atoms with E-state index in [9.17, 15) is 9.59 Å². The molecule has 1 heterocycles. The molecule has 0 aromatic rings. The molecule has 2 atom stereocenters. The number of hydrogen-bond acceptors (Lipinski definition) is 5. The van der Waals surface area contributed by atoms with Crippen molar-refractivity contribution in [3.05, 3.63) is 0 Å². The molecule has 0 N–H and O–H groups in total. The first-order chi connectivity index (χ1) is 8.42. The fourth-order valence-corrected chi connectivity index (χ4v) is 1.99. The third kappa shape index (κ3) is 3.02. The fraction of sp³-hybridized carbons (Fsp3) is 0.846. The van der Waals surface area contributed by atoms with Crippen LogP contribution in [0.5, 0.6) is 0 Å². The Kier molecular flexibility index (Phi) is 3.61. The summed E-state index contributed by atoms with van der Waals surface area (Å²) in [4.78, 5) is 23.1. The van der Waals surface area contributed by atoms with Gasteiger partial charge in [-0.3, -0.25) is 4.79 Å². The summed E-state index contributed by atoms with van der Waals surface area (Å²) in [5.41, 5.74) is -0.552. The highest BCUT2D eigenvalue weighted by atomic mass is 16.6. The zero-order valence-corrected chi connectivity index (χ0v) is 11.1. The lowest BCUT2D eigenvalue weighted by Gasteiger charge is -2.20. The molecule has 1 aliphatic carbocycles. The lowest BCUT2D eigenvalue weighted by atomic mass is 9.91. The predicted molar refractivity (Wildman–Crippen MR) is 62.8 cm³/mol. The maximum Gasteiger partial charge on any atom is 0.344 e. The van der Waals surface area contributed by atoms with Crippen LogP contribution in [-0.2, 0) is 23.8 Å². The normalized spacial score (nSPS) is 29.6. The maximum absolute atomic E-state index is 11.6. The molecule has 2 rings (SSSR count). The molecule has 0 aromatic carbocycles. The average Bonchev–Trinajstić information content (AvgIpc) is 2.94. The Hall–Kier alpha value is -1.10. The van der Waals surface area contributed by atoms with Crippen LogP contribution in [-0.4, -0.2) is 36.9 Å². The molecule has 5 nitrogen and oxygen atoms in total. The van der Waals surface area contributed by atoms with E-state index in [1.807, 2.05) is 6.92 Å². The van der Waals surface area contributed by atoms with Crippen LogP contribution >= 0.6 is 0 Å². The van der Waals surface area contributed by atoms with Gasteiger partial charge in [-0.15, -0.1) is 0 Å². The average molecular weight is 256 g/mol. The highest BCUT2D eigenvalue weighted by Crippen LogP contribution is 2.39. The van der Waals surface area contributed by atoms with Crippen molar-refractivity contribution in [3.63, 3.8) is 0 Å². The zero-order valence-electron chi connectivity index (χ0n) is 11.1. The quantitative estimate of drug-likeness (QED) is 0.550. The lowest BCUT2D eigenvalue weighted by Crippen LogP contribution is -2.29. The van der Waals surface area contributed by atoms with E-state index >= 15 is 0 Å². The SMILES string of the molecule is CCC(C)(C)C(=O)OCC(=O)OC1CC2OC2C1. The Morgan fingerprint density at radius 1 is 1.28 bits per heavy atom. The van der Waals surface area contributed by atoms with Crippen molar-refractivity contribution in [1.29, 1.82) is 0 Å². The van der Waals surface area contributed by atoms with Gasteiger partial charge in [-0.25, -0.2) is 4.79 Å². The number of epoxide rings is 1. The van der Waals surface area contributed by atoms with E-state index in [4.69, 9.17) is 14.2 Å². The molecule has 102 valence electrons. The number of ether oxygens (including phenoxy) is 3. The molecule has 2 unspecified atom stereocenters. The summed E-state index contributed by atoms with van der Waals surface area (Å²) >= 11 is 0. The van der Waals surface area contributed by atoms with E-state index in [0.29, 0.717) is 6.42 Å². The molecule has 0 bridgehead atoms. The molecule has 18 heavy (non-hydrogen) atoms. The molecular formula is C13H20O5. The van der Waals surface area contributed by atoms with Gasteiger partial charge in [0, 0.05) is 12.8 Å². The number of rotatable bonds is 5. The van der Waals surface area contributed by atoms with Crippen LogP contribution in [0.1, 0.15) is 40.0 Å². The smallest absolute Gasteiger partial charge is 0.344 e. The first-order valence-corrected chi connectivity index (χ1v) is 6.44. The van der Waals surface area contributed by atoms with E-state index in [2.05, 4.69) is 0 Å². The molecule has 0 radical (unpaired) electrons. The summed E-state index contributed by atoms with van der Waals surface area (Å²) in [5.74, 6) is -0.832. The minimum atomic E-state index is -0.552. The Bertz CT molecular complexity index is 339. The van der Waals surface area contributed by atoms with Crippen LogP contribution < -0.4 is 0 Å². The molecule has 5 heteroatoms. The Morgan fingerprint density at radius 2 is 1.89 bits per heavy atom. The van der Waals surface area contributed by atoms with Crippen LogP contribution in [0.2, 0.25) is 0 Å². The van der Waals surface area contributed by atoms with Crippen molar-refractivity contribution < 1.29 is 23.8 Å². The second-order valence-electron chi connectivity index (χ2n) is 5.61. The maximum atomic E-state index is 11.6. The molecule has 0 spiro atoms. The standard InChI is InChI=1S/C13H20O5/c1-4-13(2,3)12(15)16-7-11(14)17-8-5-9-10(6-8)18-9/h8-10H,4-7H2,1-3H3. The third-order valence-corrected chi connectivity index (χ3v) is 3.73. The zero-order chi connectivity index (χ0) is 13.3. The lowest BCUT2D eigenvalue weighted by molar-refractivity contribution is -0.167. The van der Waals surface area contributed by atoms with Crippen molar-refractivity contribution in [2.75, 3.05) is 6.61 Å². The Morgan fingerprint density at radius 3 is 2.44 bits per heavy atom. The van der Waals surface area contributed by atoms with Crippen LogP contribution in [0.25, 0.3) is 0 Å². The molecule has 0 amide bonds. The van der Waals surface area contributed by atoms with Gasteiger partial charge in [0.25, 0.3) is 0 Å². The number of hydrogen-bond donors (Lipinski definition) is 0. The minimum absolute atomic E-state index is 0.0702. The van der Waals surface area contributed by atoms with Gasteiger partial charge in [0.2, 0.25) is 0 Å². The fourth-order valence-electron chi connectivity index (χ4n) is 1.99. The van der Waals surface area contributed by atoms with Gasteiger partial charge in [-0.05, 0) is 20.3 Å². The van der Waals surface area contributed by atoms with Gasteiger partial charge < -0.3 is 14.2 Å². The largest absolute Gasteiger partial charge is 0.460 e. The number of fused-ring (bicyclic) bond motifs is 1. The molecule has 1 saturated heterocycles. The van der Waals surface area contributed by atoms with E-state index < -0.39 is 11.4 Å². The van der Waals surface area contributed by atoms with Gasteiger partial charge in [0.05, 0.1) is 17.6 Å². The topological polar surface area (TPSA) is 65.1 Å². The minimum Gasteiger partial charge on any atom is -0.460 e. The Balaban J connectivity index is 1.67. The van der Waals surface area contributed by atoms with Gasteiger partial charge in [0.1, 0.15) is 6.10 Å². The van der Waals surface area contributed by atoms with E-state index in [1.165, 1.54) is 0 Å². The van der Waals surface area contributed by atoms with Gasteiger partial charge in [-0.1, -0.05) is 6.92 Å². The summed E-state index contributed by atoms with van der Waals surface area (Å²) in [6, 6.07) is 0. The predicted octanol–water partition coefficient (Wildman–Crippen LogP) is 1.44. The second-order valence-corrected chi connectivity index (χ2v) is 5.61. The molecule has 1 saturated carbocycles.